The Bertz CT molecular complexity index is 1470. The lowest BCUT2D eigenvalue weighted by Gasteiger charge is -2.27. The third kappa shape index (κ3) is 10.7. The molecule has 11 heteroatoms. The van der Waals surface area contributed by atoms with Gasteiger partial charge in [-0.15, -0.1) is 34.0 Å². The number of aromatic nitrogens is 1. The molecule has 8 nitrogen and oxygen atoms in total. The van der Waals surface area contributed by atoms with Gasteiger partial charge < -0.3 is 29.9 Å². The fraction of sp³-hybridized carbons (Fsp3) is 0.438. The second-order valence-electron chi connectivity index (χ2n) is 10.1. The molecule has 0 saturated carbocycles. The minimum atomic E-state index is -0.171. The molecule has 3 aromatic carbocycles. The average molecular weight is 741 g/mol. The van der Waals surface area contributed by atoms with Gasteiger partial charge in [-0.2, -0.15) is 0 Å². The first kappa shape index (κ1) is 36.9. The second kappa shape index (κ2) is 19.2. The van der Waals surface area contributed by atoms with Crippen LogP contribution in [0, 0.1) is 0 Å². The van der Waals surface area contributed by atoms with E-state index in [2.05, 4.69) is 71.5 Å². The molecule has 0 aliphatic rings. The number of hydrogen-bond acceptors (Lipinski definition) is 7. The number of halogens is 2. The maximum absolute atomic E-state index is 13.2. The zero-order chi connectivity index (χ0) is 29.0. The number of rotatable bonds is 17. The first-order valence-corrected chi connectivity index (χ1v) is 15.4. The molecule has 1 amide bonds. The molecule has 0 fully saturated rings. The van der Waals surface area contributed by atoms with Gasteiger partial charge in [0, 0.05) is 26.2 Å². The molecule has 43 heavy (non-hydrogen) atoms. The van der Waals surface area contributed by atoms with Crippen molar-refractivity contribution in [2.45, 2.75) is 33.1 Å². The summed E-state index contributed by atoms with van der Waals surface area (Å²) in [7, 11) is 0. The molecule has 1 aromatic heterocycles. The molecule has 4 aromatic rings. The number of ether oxygens (including phenoxy) is 1. The number of H-pyrrole nitrogens is 1. The quantitative estimate of drug-likeness (QED) is 0.123. The number of amides is 1. The van der Waals surface area contributed by atoms with Gasteiger partial charge in [0.25, 0.3) is 0 Å². The molecule has 4 rings (SSSR count). The van der Waals surface area contributed by atoms with Crippen molar-refractivity contribution in [1.29, 1.82) is 0 Å². The fourth-order valence-electron chi connectivity index (χ4n) is 5.11. The van der Waals surface area contributed by atoms with Crippen LogP contribution in [0.5, 0.6) is 5.75 Å². The second-order valence-corrected chi connectivity index (χ2v) is 11.1. The third-order valence-corrected chi connectivity index (χ3v) is 8.52. The van der Waals surface area contributed by atoms with E-state index in [0.717, 1.165) is 54.1 Å². The largest absolute Gasteiger partial charge is 0.506 e. The van der Waals surface area contributed by atoms with E-state index in [1.54, 1.807) is 6.07 Å². The number of aromatic amines is 1. The zero-order valence-corrected chi connectivity index (χ0v) is 29.2. The normalized spacial score (nSPS) is 11.0. The van der Waals surface area contributed by atoms with E-state index in [4.69, 9.17) is 4.74 Å². The van der Waals surface area contributed by atoms with Crippen LogP contribution in [0.4, 0.5) is 0 Å². The summed E-state index contributed by atoms with van der Waals surface area (Å²) in [6.45, 7) is 10.7. The van der Waals surface area contributed by atoms with Crippen molar-refractivity contribution in [3.05, 3.63) is 75.4 Å². The first-order chi connectivity index (χ1) is 20.0. The Morgan fingerprint density at radius 3 is 2.47 bits per heavy atom. The highest BCUT2D eigenvalue weighted by Gasteiger charge is 2.15. The van der Waals surface area contributed by atoms with Crippen molar-refractivity contribution in [3.63, 3.8) is 0 Å². The fourth-order valence-corrected chi connectivity index (χ4v) is 6.00. The van der Waals surface area contributed by atoms with E-state index in [1.165, 1.54) is 16.3 Å². The Morgan fingerprint density at radius 1 is 0.907 bits per heavy atom. The highest BCUT2D eigenvalue weighted by atomic mass is 79.9. The van der Waals surface area contributed by atoms with Crippen molar-refractivity contribution in [2.75, 3.05) is 59.0 Å². The number of benzene rings is 3. The van der Waals surface area contributed by atoms with Gasteiger partial charge in [-0.25, -0.2) is 0 Å². The molecule has 0 bridgehead atoms. The molecule has 0 spiro atoms. The molecular formula is C32H44Br2N4O4S. The van der Waals surface area contributed by atoms with E-state index in [9.17, 15) is 14.7 Å². The van der Waals surface area contributed by atoms with Crippen LogP contribution in [0.25, 0.3) is 21.0 Å². The monoisotopic (exact) mass is 738 g/mol. The molecule has 0 saturated heterocycles. The van der Waals surface area contributed by atoms with Gasteiger partial charge in [0.1, 0.15) is 11.3 Å². The molecule has 0 radical (unpaired) electrons. The van der Waals surface area contributed by atoms with E-state index < -0.39 is 0 Å². The topological polar surface area (TPSA) is 97.9 Å². The highest BCUT2D eigenvalue weighted by molar-refractivity contribution is 8.93. The number of nitrogens with zero attached hydrogens (tertiary/aromatic N) is 2. The predicted octanol–water partition coefficient (Wildman–Crippen LogP) is 5.56. The number of nitrogens with one attached hydrogen (secondary N) is 2. The number of carbonyl (C=O) groups excluding carboxylic acids is 1. The number of hydrogen-bond donors (Lipinski definition) is 3. The molecule has 0 aliphatic carbocycles. The Balaban J connectivity index is 0.00000323. The summed E-state index contributed by atoms with van der Waals surface area (Å²) in [5.41, 5.74) is 2.79. The van der Waals surface area contributed by atoms with Crippen LogP contribution in [0.3, 0.4) is 0 Å². The zero-order valence-electron chi connectivity index (χ0n) is 25.0. The molecule has 236 valence electrons. The van der Waals surface area contributed by atoms with Gasteiger partial charge in [-0.1, -0.05) is 73.7 Å². The van der Waals surface area contributed by atoms with Crippen molar-refractivity contribution in [1.82, 2.24) is 20.1 Å². The van der Waals surface area contributed by atoms with Crippen molar-refractivity contribution in [2.24, 2.45) is 0 Å². The number of phenols is 1. The molecule has 0 unspecified atom stereocenters. The number of fused-ring (bicyclic) bond motifs is 2. The summed E-state index contributed by atoms with van der Waals surface area (Å²) in [4.78, 5) is 31.7. The summed E-state index contributed by atoms with van der Waals surface area (Å²) in [5, 5.41) is 15.9. The highest BCUT2D eigenvalue weighted by Crippen LogP contribution is 2.27. The van der Waals surface area contributed by atoms with Crippen LogP contribution in [0.1, 0.15) is 31.4 Å². The number of aromatic hydroxyl groups is 1. The lowest BCUT2D eigenvalue weighted by molar-refractivity contribution is -0.132. The summed E-state index contributed by atoms with van der Waals surface area (Å²) in [6, 6.07) is 18.2. The lowest BCUT2D eigenvalue weighted by atomic mass is 10.0. The number of phenolic OH excluding ortho intramolecular Hbond substituents is 1. The first-order valence-electron chi connectivity index (χ1n) is 14.6. The molecular weight excluding hydrogens is 696 g/mol. The van der Waals surface area contributed by atoms with Gasteiger partial charge >= 0.3 is 4.87 Å². The van der Waals surface area contributed by atoms with Crippen LogP contribution in [0.2, 0.25) is 0 Å². The molecule has 3 N–H and O–H groups in total. The SMILES string of the molecule is Br.Br.CCN(CC)CCN(CCNCCc1ccc(O)c2[nH]c(=O)sc12)C(=O)CCOCCc1cccc2ccccc12. The van der Waals surface area contributed by atoms with Gasteiger partial charge in [0.05, 0.1) is 24.3 Å². The Kier molecular flexibility index (Phi) is 16.5. The van der Waals surface area contributed by atoms with Crippen molar-refractivity contribution >= 4 is 72.2 Å². The van der Waals surface area contributed by atoms with Crippen LogP contribution < -0.4 is 10.2 Å². The van der Waals surface area contributed by atoms with Gasteiger partial charge in [-0.3, -0.25) is 9.59 Å². The number of carbonyl (C=O) groups is 1. The average Bonchev–Trinajstić information content (AvgIpc) is 3.39. The van der Waals surface area contributed by atoms with Crippen LogP contribution in [-0.4, -0.2) is 84.8 Å². The van der Waals surface area contributed by atoms with E-state index >= 15 is 0 Å². The molecule has 0 aliphatic heterocycles. The van der Waals surface area contributed by atoms with E-state index in [0.29, 0.717) is 51.3 Å². The number of thiazole rings is 1. The summed E-state index contributed by atoms with van der Waals surface area (Å²) >= 11 is 1.12. The molecule has 1 heterocycles. The van der Waals surface area contributed by atoms with Gasteiger partial charge in [0.15, 0.2) is 0 Å². The maximum atomic E-state index is 13.2. The summed E-state index contributed by atoms with van der Waals surface area (Å²) < 4.78 is 6.70. The van der Waals surface area contributed by atoms with Crippen LogP contribution in [0.15, 0.2) is 59.4 Å². The Hall–Kier alpha value is -2.28. The maximum Gasteiger partial charge on any atom is 0.305 e. The van der Waals surface area contributed by atoms with E-state index in [1.807, 2.05) is 11.0 Å². The number of likely N-dealkylation sites (N-methyl/N-ethyl adjacent to an activating group) is 1. The van der Waals surface area contributed by atoms with E-state index in [-0.39, 0.29) is 50.5 Å². The third-order valence-electron chi connectivity index (χ3n) is 7.56. The van der Waals surface area contributed by atoms with Crippen LogP contribution in [-0.2, 0) is 22.4 Å². The minimum Gasteiger partial charge on any atom is -0.506 e. The Labute approximate surface area is 279 Å². The smallest absolute Gasteiger partial charge is 0.305 e. The molecule has 0 atom stereocenters. The summed E-state index contributed by atoms with van der Waals surface area (Å²) in [5.74, 6) is 0.205. The standard InChI is InChI=1S/C32H42N4O4S.2BrH/c1-3-35(4-2)20-21-36(19-18-33-17-14-26-12-13-28(37)30-31(26)41-32(39)34-30)29(38)16-23-40-22-15-25-10-7-9-24-8-5-6-11-27(24)25;;/h5-13,33,37H,3-4,14-23H2,1-2H3,(H,34,39);2*1H. The summed E-state index contributed by atoms with van der Waals surface area (Å²) in [6.07, 6.45) is 1.91. The van der Waals surface area contributed by atoms with Gasteiger partial charge in [-0.05, 0) is 60.4 Å². The predicted molar refractivity (Wildman–Crippen MR) is 189 cm³/mol. The van der Waals surface area contributed by atoms with Gasteiger partial charge in [0.2, 0.25) is 5.91 Å². The van der Waals surface area contributed by atoms with Crippen molar-refractivity contribution in [3.8, 4) is 5.75 Å². The van der Waals surface area contributed by atoms with Crippen molar-refractivity contribution < 1.29 is 14.6 Å². The van der Waals surface area contributed by atoms with Crippen LogP contribution >= 0.6 is 45.3 Å². The minimum absolute atomic E-state index is 0. The Morgan fingerprint density at radius 2 is 1.67 bits per heavy atom. The lowest BCUT2D eigenvalue weighted by Crippen LogP contribution is -2.42.